The van der Waals surface area contributed by atoms with Gasteiger partial charge in [-0.1, -0.05) is 17.7 Å². The topological polar surface area (TPSA) is 61.8 Å². The Morgan fingerprint density at radius 1 is 1.53 bits per heavy atom. The number of rotatable bonds is 3. The SMILES string of the molecule is Cc1ccc(NC(=O)CN2C[C@H](O)CO2)cc1. The zero-order valence-corrected chi connectivity index (χ0v) is 9.72. The number of hydrogen-bond acceptors (Lipinski definition) is 4. The van der Waals surface area contributed by atoms with E-state index in [9.17, 15) is 9.90 Å². The van der Waals surface area contributed by atoms with E-state index in [1.807, 2.05) is 31.2 Å². The normalized spacial score (nSPS) is 20.5. The Labute approximate surface area is 99.9 Å². The minimum Gasteiger partial charge on any atom is -0.389 e. The molecule has 17 heavy (non-hydrogen) atoms. The lowest BCUT2D eigenvalue weighted by molar-refractivity contribution is -0.138. The Bertz CT molecular complexity index is 391. The maximum absolute atomic E-state index is 11.6. The van der Waals surface area contributed by atoms with Crippen LogP contribution in [0.1, 0.15) is 5.56 Å². The lowest BCUT2D eigenvalue weighted by atomic mass is 10.2. The molecule has 1 amide bonds. The number of aliphatic hydroxyl groups excluding tert-OH is 1. The van der Waals surface area contributed by atoms with Gasteiger partial charge in [0.1, 0.15) is 6.54 Å². The molecule has 1 saturated heterocycles. The van der Waals surface area contributed by atoms with Crippen molar-refractivity contribution in [2.24, 2.45) is 0 Å². The summed E-state index contributed by atoms with van der Waals surface area (Å²) in [6.45, 7) is 2.76. The van der Waals surface area contributed by atoms with Crippen molar-refractivity contribution >= 4 is 11.6 Å². The van der Waals surface area contributed by atoms with Crippen LogP contribution >= 0.6 is 0 Å². The molecule has 2 rings (SSSR count). The molecular weight excluding hydrogens is 220 g/mol. The summed E-state index contributed by atoms with van der Waals surface area (Å²) in [6, 6.07) is 7.58. The number of hydroxylamine groups is 2. The summed E-state index contributed by atoms with van der Waals surface area (Å²) in [4.78, 5) is 16.8. The molecule has 0 aromatic heterocycles. The van der Waals surface area contributed by atoms with Crippen molar-refractivity contribution in [3.05, 3.63) is 29.8 Å². The van der Waals surface area contributed by atoms with Gasteiger partial charge in [-0.2, -0.15) is 5.06 Å². The molecule has 1 aromatic carbocycles. The molecular formula is C12H16N2O3. The Hall–Kier alpha value is -1.43. The second-order valence-electron chi connectivity index (χ2n) is 4.19. The van der Waals surface area contributed by atoms with E-state index in [1.165, 1.54) is 5.06 Å². The van der Waals surface area contributed by atoms with Crippen molar-refractivity contribution in [3.8, 4) is 0 Å². The fourth-order valence-corrected chi connectivity index (χ4v) is 1.64. The second-order valence-corrected chi connectivity index (χ2v) is 4.19. The molecule has 1 aliphatic heterocycles. The molecule has 1 aromatic rings. The number of anilines is 1. The number of nitrogens with zero attached hydrogens (tertiary/aromatic N) is 1. The van der Waals surface area contributed by atoms with Gasteiger partial charge in [0.05, 0.1) is 19.3 Å². The number of nitrogens with one attached hydrogen (secondary N) is 1. The van der Waals surface area contributed by atoms with Gasteiger partial charge < -0.3 is 10.4 Å². The highest BCUT2D eigenvalue weighted by molar-refractivity contribution is 5.92. The molecule has 0 radical (unpaired) electrons. The number of amides is 1. The van der Waals surface area contributed by atoms with Gasteiger partial charge in [0.15, 0.2) is 0 Å². The molecule has 1 aliphatic rings. The molecule has 1 atom stereocenters. The summed E-state index contributed by atoms with van der Waals surface area (Å²) in [5, 5.41) is 13.5. The highest BCUT2D eigenvalue weighted by atomic mass is 16.7. The molecule has 2 N–H and O–H groups in total. The van der Waals surface area contributed by atoms with Crippen LogP contribution in [0.4, 0.5) is 5.69 Å². The van der Waals surface area contributed by atoms with Crippen molar-refractivity contribution in [2.75, 3.05) is 25.0 Å². The Morgan fingerprint density at radius 3 is 2.82 bits per heavy atom. The molecule has 0 spiro atoms. The fraction of sp³-hybridized carbons (Fsp3) is 0.417. The van der Waals surface area contributed by atoms with E-state index in [4.69, 9.17) is 4.84 Å². The average Bonchev–Trinajstić information content (AvgIpc) is 2.67. The van der Waals surface area contributed by atoms with Crippen LogP contribution in [0.15, 0.2) is 24.3 Å². The number of β-amino-alcohol motifs (C(OH)–C–C–N with tert-alkyl or cyclic N) is 1. The van der Waals surface area contributed by atoms with E-state index >= 15 is 0 Å². The number of carbonyl (C=O) groups excluding carboxylic acids is 1. The summed E-state index contributed by atoms with van der Waals surface area (Å²) in [7, 11) is 0. The Kier molecular flexibility index (Phi) is 3.73. The van der Waals surface area contributed by atoms with Crippen LogP contribution in [0.5, 0.6) is 0 Å². The van der Waals surface area contributed by atoms with Crippen molar-refractivity contribution in [3.63, 3.8) is 0 Å². The molecule has 0 saturated carbocycles. The van der Waals surface area contributed by atoms with Gasteiger partial charge in [0.2, 0.25) is 5.91 Å². The zero-order valence-electron chi connectivity index (χ0n) is 9.72. The molecule has 92 valence electrons. The summed E-state index contributed by atoms with van der Waals surface area (Å²) < 4.78 is 0. The molecule has 0 aliphatic carbocycles. The van der Waals surface area contributed by atoms with E-state index in [0.29, 0.717) is 6.54 Å². The van der Waals surface area contributed by atoms with E-state index in [2.05, 4.69) is 5.32 Å². The number of benzene rings is 1. The minimum absolute atomic E-state index is 0.130. The van der Waals surface area contributed by atoms with E-state index < -0.39 is 6.10 Å². The van der Waals surface area contributed by atoms with Crippen LogP contribution < -0.4 is 5.32 Å². The predicted molar refractivity (Wildman–Crippen MR) is 63.3 cm³/mol. The van der Waals surface area contributed by atoms with Gasteiger partial charge in [-0.15, -0.1) is 0 Å². The van der Waals surface area contributed by atoms with Crippen molar-refractivity contribution < 1.29 is 14.7 Å². The van der Waals surface area contributed by atoms with Crippen LogP contribution in [0.3, 0.4) is 0 Å². The second kappa shape index (κ2) is 5.27. The maximum atomic E-state index is 11.6. The quantitative estimate of drug-likeness (QED) is 0.804. The van der Waals surface area contributed by atoms with Crippen LogP contribution in [0.25, 0.3) is 0 Å². The first-order valence-corrected chi connectivity index (χ1v) is 5.56. The van der Waals surface area contributed by atoms with Gasteiger partial charge in [0.25, 0.3) is 0 Å². The smallest absolute Gasteiger partial charge is 0.240 e. The lowest BCUT2D eigenvalue weighted by Gasteiger charge is -2.13. The Balaban J connectivity index is 1.83. The van der Waals surface area contributed by atoms with Gasteiger partial charge in [0, 0.05) is 5.69 Å². The molecule has 0 unspecified atom stereocenters. The summed E-state index contributed by atoms with van der Waals surface area (Å²) in [6.07, 6.45) is -0.498. The van der Waals surface area contributed by atoms with Gasteiger partial charge in [-0.05, 0) is 19.1 Å². The highest BCUT2D eigenvalue weighted by Crippen LogP contribution is 2.09. The maximum Gasteiger partial charge on any atom is 0.240 e. The summed E-state index contributed by atoms with van der Waals surface area (Å²) >= 11 is 0. The van der Waals surface area contributed by atoms with E-state index in [0.717, 1.165) is 11.3 Å². The first-order chi connectivity index (χ1) is 8.13. The third-order valence-electron chi connectivity index (χ3n) is 2.52. The van der Waals surface area contributed by atoms with Crippen molar-refractivity contribution in [1.82, 2.24) is 5.06 Å². The van der Waals surface area contributed by atoms with Crippen LogP contribution in [0.2, 0.25) is 0 Å². The first-order valence-electron chi connectivity index (χ1n) is 5.56. The summed E-state index contributed by atoms with van der Waals surface area (Å²) in [5.41, 5.74) is 1.91. The lowest BCUT2D eigenvalue weighted by Crippen LogP contribution is -2.31. The first kappa shape index (κ1) is 12.0. The molecule has 0 bridgehead atoms. The predicted octanol–water partition coefficient (Wildman–Crippen LogP) is 0.542. The molecule has 5 heteroatoms. The van der Waals surface area contributed by atoms with Crippen molar-refractivity contribution in [2.45, 2.75) is 13.0 Å². The van der Waals surface area contributed by atoms with E-state index in [-0.39, 0.29) is 19.1 Å². The van der Waals surface area contributed by atoms with Crippen LogP contribution in [-0.2, 0) is 9.63 Å². The van der Waals surface area contributed by atoms with Gasteiger partial charge >= 0.3 is 0 Å². The van der Waals surface area contributed by atoms with Crippen molar-refractivity contribution in [1.29, 1.82) is 0 Å². The highest BCUT2D eigenvalue weighted by Gasteiger charge is 2.23. The molecule has 1 heterocycles. The fourth-order valence-electron chi connectivity index (χ4n) is 1.64. The molecule has 5 nitrogen and oxygen atoms in total. The Morgan fingerprint density at radius 2 is 2.24 bits per heavy atom. The monoisotopic (exact) mass is 236 g/mol. The zero-order chi connectivity index (χ0) is 12.3. The van der Waals surface area contributed by atoms with Gasteiger partial charge in [-0.25, -0.2) is 0 Å². The number of carbonyl (C=O) groups is 1. The number of aliphatic hydroxyl groups is 1. The van der Waals surface area contributed by atoms with Crippen LogP contribution in [-0.4, -0.2) is 41.9 Å². The number of aryl methyl sites for hydroxylation is 1. The standard InChI is InChI=1S/C12H16N2O3/c1-9-2-4-10(5-3-9)13-12(16)7-14-6-11(15)8-17-14/h2-5,11,15H,6-8H2,1H3,(H,13,16)/t11-/m0/s1. The summed E-state index contributed by atoms with van der Waals surface area (Å²) in [5.74, 6) is -0.150. The van der Waals surface area contributed by atoms with Crippen LogP contribution in [0, 0.1) is 6.92 Å². The third kappa shape index (κ3) is 3.52. The number of hydrogen-bond donors (Lipinski definition) is 2. The largest absolute Gasteiger partial charge is 0.389 e. The third-order valence-corrected chi connectivity index (χ3v) is 2.52. The van der Waals surface area contributed by atoms with E-state index in [1.54, 1.807) is 0 Å². The van der Waals surface area contributed by atoms with Gasteiger partial charge in [-0.3, -0.25) is 9.63 Å². The molecule has 1 fully saturated rings. The average molecular weight is 236 g/mol. The minimum atomic E-state index is -0.498.